The Morgan fingerprint density at radius 2 is 1.81 bits per heavy atom. The zero-order valence-corrected chi connectivity index (χ0v) is 14.2. The molecule has 0 heterocycles. The van der Waals surface area contributed by atoms with Gasteiger partial charge in [0.15, 0.2) is 0 Å². The van der Waals surface area contributed by atoms with Gasteiger partial charge in [-0.3, -0.25) is 0 Å². The van der Waals surface area contributed by atoms with Gasteiger partial charge in [-0.15, -0.1) is 0 Å². The van der Waals surface area contributed by atoms with Crippen LogP contribution in [0.3, 0.4) is 0 Å². The molecule has 0 amide bonds. The second-order valence-electron chi connectivity index (χ2n) is 7.93. The Bertz CT molecular complexity index is 391. The molecule has 0 aromatic heterocycles. The Kier molecular flexibility index (Phi) is 4.92. The molecule has 0 bridgehead atoms. The third-order valence-electron chi connectivity index (χ3n) is 6.90. The minimum absolute atomic E-state index is 0.692. The zero-order chi connectivity index (χ0) is 14.7. The maximum Gasteiger partial charge on any atom is -0.0133 e. The lowest BCUT2D eigenvalue weighted by molar-refractivity contribution is 0.0209. The topological polar surface area (TPSA) is 0 Å². The van der Waals surface area contributed by atoms with Crippen molar-refractivity contribution in [2.24, 2.45) is 29.1 Å². The molecule has 2 fully saturated rings. The van der Waals surface area contributed by atoms with Crippen molar-refractivity contribution in [3.8, 4) is 0 Å². The first-order valence-electron chi connectivity index (χ1n) is 9.66. The summed E-state index contributed by atoms with van der Waals surface area (Å²) in [7, 11) is 0. The summed E-state index contributed by atoms with van der Waals surface area (Å²) in [6, 6.07) is 0. The van der Waals surface area contributed by atoms with E-state index in [-0.39, 0.29) is 0 Å². The van der Waals surface area contributed by atoms with E-state index in [1.165, 1.54) is 64.2 Å². The highest BCUT2D eigenvalue weighted by Gasteiger charge is 2.55. The van der Waals surface area contributed by atoms with Crippen LogP contribution < -0.4 is 0 Å². The second-order valence-corrected chi connectivity index (χ2v) is 7.93. The summed E-state index contributed by atoms with van der Waals surface area (Å²) in [6.45, 7) is 4.73. The van der Waals surface area contributed by atoms with Crippen LogP contribution in [-0.4, -0.2) is 0 Å². The SMILES string of the molecule is CCCCC1CCCC2C3C=CC=CC3CC12CCCC. The lowest BCUT2D eigenvalue weighted by atomic mass is 9.57. The summed E-state index contributed by atoms with van der Waals surface area (Å²) in [5.41, 5.74) is 0.692. The highest BCUT2D eigenvalue weighted by Crippen LogP contribution is 2.64. The fourth-order valence-electron chi connectivity index (χ4n) is 5.98. The van der Waals surface area contributed by atoms with E-state index in [1.807, 2.05) is 0 Å². The van der Waals surface area contributed by atoms with Crippen LogP contribution in [0.15, 0.2) is 24.3 Å². The Morgan fingerprint density at radius 3 is 2.62 bits per heavy atom. The molecule has 0 heteroatoms. The largest absolute Gasteiger partial charge is 0.0808 e. The van der Waals surface area contributed by atoms with Crippen LogP contribution in [0.4, 0.5) is 0 Å². The number of hydrogen-bond donors (Lipinski definition) is 0. The van der Waals surface area contributed by atoms with Crippen molar-refractivity contribution in [2.45, 2.75) is 78.1 Å². The van der Waals surface area contributed by atoms with Gasteiger partial charge in [0, 0.05) is 0 Å². The lowest BCUT2D eigenvalue weighted by Crippen LogP contribution is -2.39. The average Bonchev–Trinajstić information content (AvgIpc) is 2.86. The van der Waals surface area contributed by atoms with Crippen LogP contribution in [-0.2, 0) is 0 Å². The molecule has 5 atom stereocenters. The monoisotopic (exact) mass is 286 g/mol. The summed E-state index contributed by atoms with van der Waals surface area (Å²) in [5.74, 6) is 3.75. The molecule has 0 aromatic rings. The Hall–Kier alpha value is -0.520. The molecule has 0 nitrogen and oxygen atoms in total. The average molecular weight is 287 g/mol. The van der Waals surface area contributed by atoms with E-state index in [9.17, 15) is 0 Å². The second kappa shape index (κ2) is 6.71. The van der Waals surface area contributed by atoms with Crippen LogP contribution >= 0.6 is 0 Å². The number of rotatable bonds is 6. The van der Waals surface area contributed by atoms with Crippen molar-refractivity contribution in [2.75, 3.05) is 0 Å². The quantitative estimate of drug-likeness (QED) is 0.520. The van der Waals surface area contributed by atoms with E-state index < -0.39 is 0 Å². The molecular weight excluding hydrogens is 252 g/mol. The fourth-order valence-corrected chi connectivity index (χ4v) is 5.98. The number of allylic oxidation sites excluding steroid dienone is 4. The first kappa shape index (κ1) is 15.4. The van der Waals surface area contributed by atoms with E-state index in [2.05, 4.69) is 38.2 Å². The maximum absolute atomic E-state index is 2.56. The van der Waals surface area contributed by atoms with Gasteiger partial charge < -0.3 is 0 Å². The Labute approximate surface area is 132 Å². The molecule has 3 aliphatic rings. The molecule has 0 aromatic carbocycles. The highest BCUT2D eigenvalue weighted by atomic mass is 14.6. The first-order chi connectivity index (χ1) is 10.3. The smallest absolute Gasteiger partial charge is 0.0133 e. The molecule has 118 valence electrons. The summed E-state index contributed by atoms with van der Waals surface area (Å²) in [4.78, 5) is 0. The van der Waals surface area contributed by atoms with Crippen molar-refractivity contribution in [3.63, 3.8) is 0 Å². The van der Waals surface area contributed by atoms with E-state index in [0.717, 1.165) is 23.7 Å². The Balaban J connectivity index is 1.86. The van der Waals surface area contributed by atoms with Crippen molar-refractivity contribution in [1.82, 2.24) is 0 Å². The molecule has 3 aliphatic carbocycles. The summed E-state index contributed by atoms with van der Waals surface area (Å²) >= 11 is 0. The molecule has 5 unspecified atom stereocenters. The molecule has 0 N–H and O–H groups in total. The van der Waals surface area contributed by atoms with Gasteiger partial charge in [-0.25, -0.2) is 0 Å². The van der Waals surface area contributed by atoms with E-state index >= 15 is 0 Å². The van der Waals surface area contributed by atoms with Gasteiger partial charge in [0.1, 0.15) is 0 Å². The number of unbranched alkanes of at least 4 members (excludes halogenated alkanes) is 2. The lowest BCUT2D eigenvalue weighted by Gasteiger charge is -2.48. The van der Waals surface area contributed by atoms with E-state index in [0.29, 0.717) is 5.41 Å². The van der Waals surface area contributed by atoms with Crippen molar-refractivity contribution in [3.05, 3.63) is 24.3 Å². The molecule has 21 heavy (non-hydrogen) atoms. The van der Waals surface area contributed by atoms with Gasteiger partial charge in [-0.2, -0.15) is 0 Å². The number of hydrogen-bond acceptors (Lipinski definition) is 0. The Morgan fingerprint density at radius 1 is 1.00 bits per heavy atom. The predicted molar refractivity (Wildman–Crippen MR) is 92.2 cm³/mol. The first-order valence-corrected chi connectivity index (χ1v) is 9.66. The minimum atomic E-state index is 0.692. The van der Waals surface area contributed by atoms with Gasteiger partial charge >= 0.3 is 0 Å². The van der Waals surface area contributed by atoms with Crippen LogP contribution in [0, 0.1) is 29.1 Å². The van der Waals surface area contributed by atoms with E-state index in [4.69, 9.17) is 0 Å². The summed E-state index contributed by atoms with van der Waals surface area (Å²) in [6.07, 6.45) is 24.4. The van der Waals surface area contributed by atoms with Crippen LogP contribution in [0.1, 0.15) is 78.1 Å². The van der Waals surface area contributed by atoms with Crippen molar-refractivity contribution in [1.29, 1.82) is 0 Å². The third kappa shape index (κ3) is 2.76. The molecule has 0 radical (unpaired) electrons. The molecule has 0 saturated heterocycles. The van der Waals surface area contributed by atoms with Crippen molar-refractivity contribution >= 4 is 0 Å². The van der Waals surface area contributed by atoms with Crippen LogP contribution in [0.2, 0.25) is 0 Å². The number of fused-ring (bicyclic) bond motifs is 3. The minimum Gasteiger partial charge on any atom is -0.0808 e. The maximum atomic E-state index is 2.56. The van der Waals surface area contributed by atoms with E-state index in [1.54, 1.807) is 0 Å². The van der Waals surface area contributed by atoms with Crippen LogP contribution in [0.25, 0.3) is 0 Å². The third-order valence-corrected chi connectivity index (χ3v) is 6.90. The molecular formula is C21H34. The zero-order valence-electron chi connectivity index (χ0n) is 14.2. The van der Waals surface area contributed by atoms with Gasteiger partial charge in [0.2, 0.25) is 0 Å². The standard InChI is InChI=1S/C21H34/c1-3-5-11-18-12-9-14-20-19-13-8-7-10-17(19)16-21(18,20)15-6-4-2/h7-8,10,13,17-20H,3-6,9,11-12,14-16H2,1-2H3. The normalized spacial score (nSPS) is 41.0. The summed E-state index contributed by atoms with van der Waals surface area (Å²) < 4.78 is 0. The molecule has 2 saturated carbocycles. The molecule has 0 aliphatic heterocycles. The molecule has 0 spiro atoms. The van der Waals surface area contributed by atoms with Gasteiger partial charge in [-0.1, -0.05) is 70.3 Å². The fraction of sp³-hybridized carbons (Fsp3) is 0.810. The van der Waals surface area contributed by atoms with Crippen LogP contribution in [0.5, 0.6) is 0 Å². The van der Waals surface area contributed by atoms with Gasteiger partial charge in [0.05, 0.1) is 0 Å². The highest BCUT2D eigenvalue weighted by molar-refractivity contribution is 5.22. The predicted octanol–water partition coefficient (Wildman–Crippen LogP) is 6.53. The van der Waals surface area contributed by atoms with Gasteiger partial charge in [-0.05, 0) is 61.2 Å². The van der Waals surface area contributed by atoms with Gasteiger partial charge in [0.25, 0.3) is 0 Å². The summed E-state index contributed by atoms with van der Waals surface area (Å²) in [5, 5.41) is 0. The van der Waals surface area contributed by atoms with Crippen molar-refractivity contribution < 1.29 is 0 Å². The molecule has 3 rings (SSSR count).